The van der Waals surface area contributed by atoms with Gasteiger partial charge in [0, 0.05) is 47.2 Å². The van der Waals surface area contributed by atoms with Crippen LogP contribution in [-0.4, -0.2) is 48.4 Å². The number of aryl methyl sites for hydroxylation is 1. The van der Waals surface area contributed by atoms with Crippen molar-refractivity contribution < 1.29 is 37.0 Å². The van der Waals surface area contributed by atoms with Crippen molar-refractivity contribution in [2.75, 3.05) is 23.5 Å². The van der Waals surface area contributed by atoms with Gasteiger partial charge in [0.05, 0.1) is 28.0 Å². The van der Waals surface area contributed by atoms with E-state index in [-0.39, 0.29) is 18.7 Å². The number of fused-ring (bicyclic) bond motifs is 2. The van der Waals surface area contributed by atoms with E-state index in [0.717, 1.165) is 25.7 Å². The summed E-state index contributed by atoms with van der Waals surface area (Å²) >= 11 is 3.21. The number of thioether (sulfide) groups is 1. The third-order valence-corrected chi connectivity index (χ3v) is 9.53. The predicted octanol–water partition coefficient (Wildman–Crippen LogP) is 5.70. The maximum Gasteiger partial charge on any atom is 0.303 e. The van der Waals surface area contributed by atoms with Crippen molar-refractivity contribution in [3.63, 3.8) is 0 Å². The van der Waals surface area contributed by atoms with E-state index in [1.165, 1.54) is 0 Å². The van der Waals surface area contributed by atoms with Crippen molar-refractivity contribution in [2.24, 2.45) is 0 Å². The zero-order chi connectivity index (χ0) is 31.4. The number of hydrogen-bond donors (Lipinski definition) is 1. The van der Waals surface area contributed by atoms with E-state index in [0.29, 0.717) is 41.4 Å². The molecule has 4 aromatic rings. The summed E-state index contributed by atoms with van der Waals surface area (Å²) in [4.78, 5) is 27.0. The van der Waals surface area contributed by atoms with Crippen LogP contribution in [0.3, 0.4) is 0 Å². The van der Waals surface area contributed by atoms with E-state index < -0.39 is 21.8 Å². The monoisotopic (exact) mass is 650 g/mol. The number of rotatable bonds is 12. The van der Waals surface area contributed by atoms with E-state index in [1.54, 1.807) is 76.5 Å². The van der Waals surface area contributed by atoms with Crippen molar-refractivity contribution >= 4 is 66.9 Å². The first-order valence-corrected chi connectivity index (χ1v) is 17.4. The number of ketones is 1. The van der Waals surface area contributed by atoms with Gasteiger partial charge in [-0.05, 0) is 49.1 Å². The molecule has 12 heteroatoms. The summed E-state index contributed by atoms with van der Waals surface area (Å²) in [5, 5.41) is 10.1. The van der Waals surface area contributed by atoms with Crippen LogP contribution in [0.4, 0.5) is 5.69 Å². The molecule has 0 radical (unpaired) electrons. The van der Waals surface area contributed by atoms with Gasteiger partial charge < -0.3 is 19.3 Å². The lowest BCUT2D eigenvalue weighted by Gasteiger charge is -2.20. The SMILES string of the molecule is CSc1ccc2sc(C=C(C)C=C3Oc4ccc(C(=O)c5ccccc5)cc4N3CCS(=O)(=O)[O-])[n+](CCCC(=O)O)c2c1. The Hall–Kier alpha value is -3.97. The Morgan fingerprint density at radius 3 is 2.57 bits per heavy atom. The molecule has 0 saturated heterocycles. The van der Waals surface area contributed by atoms with Crippen LogP contribution in [-0.2, 0) is 21.5 Å². The molecular weight excluding hydrogens is 621 g/mol. The first-order chi connectivity index (χ1) is 21.0. The molecule has 0 atom stereocenters. The second kappa shape index (κ2) is 13.3. The van der Waals surface area contributed by atoms with Crippen LogP contribution in [0.1, 0.15) is 40.7 Å². The van der Waals surface area contributed by atoms with E-state index in [4.69, 9.17) is 4.74 Å². The normalized spacial score (nSPS) is 14.2. The van der Waals surface area contributed by atoms with Crippen LogP contribution in [0.15, 0.2) is 89.2 Å². The zero-order valence-corrected chi connectivity index (χ0v) is 26.5. The van der Waals surface area contributed by atoms with Gasteiger partial charge in [0.1, 0.15) is 4.70 Å². The van der Waals surface area contributed by atoms with Gasteiger partial charge in [-0.15, -0.1) is 11.8 Å². The molecule has 2 heterocycles. The molecule has 5 rings (SSSR count). The highest BCUT2D eigenvalue weighted by atomic mass is 32.2. The number of anilines is 1. The average molecular weight is 651 g/mol. The van der Waals surface area contributed by atoms with Gasteiger partial charge in [0.25, 0.3) is 5.01 Å². The summed E-state index contributed by atoms with van der Waals surface area (Å²) in [5.74, 6) is -0.929. The fourth-order valence-corrected chi connectivity index (χ4v) is 6.92. The standard InChI is InChI=1S/C32H30N2O7S3/c1-21(18-30-34(14-6-9-31(35)36)26-20-24(42-2)11-13-28(26)43-30)17-29-33(15-16-44(38,39)40)25-19-23(10-12-27(25)41-29)32(37)22-7-4-3-5-8-22/h3-5,7-8,10-13,17-20H,6,9,14-16H2,1-2H3,(H-,35,36,38,39,40). The van der Waals surface area contributed by atoms with Crippen molar-refractivity contribution in [3.8, 4) is 5.75 Å². The molecule has 0 amide bonds. The molecule has 44 heavy (non-hydrogen) atoms. The molecule has 0 bridgehead atoms. The number of carboxylic acid groups (broad SMARTS) is 1. The molecule has 9 nitrogen and oxygen atoms in total. The van der Waals surface area contributed by atoms with Crippen molar-refractivity contribution in [1.29, 1.82) is 0 Å². The highest BCUT2D eigenvalue weighted by molar-refractivity contribution is 7.98. The number of hydrogen-bond acceptors (Lipinski definition) is 9. The smallest absolute Gasteiger partial charge is 0.303 e. The summed E-state index contributed by atoms with van der Waals surface area (Å²) in [7, 11) is -4.53. The second-order valence-electron chi connectivity index (χ2n) is 10.2. The van der Waals surface area contributed by atoms with Crippen LogP contribution in [0.25, 0.3) is 16.3 Å². The van der Waals surface area contributed by atoms with Gasteiger partial charge >= 0.3 is 5.97 Å². The Labute approximate surface area is 263 Å². The lowest BCUT2D eigenvalue weighted by molar-refractivity contribution is -0.669. The lowest BCUT2D eigenvalue weighted by atomic mass is 10.0. The summed E-state index contributed by atoms with van der Waals surface area (Å²) in [6.07, 6.45) is 6.25. The van der Waals surface area contributed by atoms with Gasteiger partial charge in [0.15, 0.2) is 18.1 Å². The second-order valence-corrected chi connectivity index (χ2v) is 13.7. The third-order valence-electron chi connectivity index (χ3n) is 7.01. The van der Waals surface area contributed by atoms with Crippen LogP contribution in [0, 0.1) is 0 Å². The first-order valence-electron chi connectivity index (χ1n) is 13.8. The van der Waals surface area contributed by atoms with Gasteiger partial charge in [-0.1, -0.05) is 41.7 Å². The van der Waals surface area contributed by atoms with Crippen LogP contribution < -0.4 is 14.2 Å². The minimum atomic E-state index is -4.53. The number of carboxylic acids is 1. The third kappa shape index (κ3) is 7.39. The molecule has 0 aliphatic carbocycles. The Kier molecular flexibility index (Phi) is 9.54. The number of ether oxygens (including phenoxy) is 1. The number of allylic oxidation sites excluding steroid dienone is 2. The number of thiazole rings is 1. The Balaban J connectivity index is 1.51. The number of nitrogens with zero attached hydrogens (tertiary/aromatic N) is 2. The van der Waals surface area contributed by atoms with E-state index >= 15 is 0 Å². The number of aliphatic carboxylic acids is 1. The zero-order valence-electron chi connectivity index (χ0n) is 24.1. The molecule has 0 saturated carbocycles. The average Bonchev–Trinajstić information content (AvgIpc) is 3.51. The summed E-state index contributed by atoms with van der Waals surface area (Å²) in [6, 6.07) is 20.0. The minimum Gasteiger partial charge on any atom is -0.748 e. The fraction of sp³-hybridized carbons (Fsp3) is 0.219. The highest BCUT2D eigenvalue weighted by Gasteiger charge is 2.28. The number of benzene rings is 3. The summed E-state index contributed by atoms with van der Waals surface area (Å²) in [5.41, 5.74) is 3.21. The molecule has 0 fully saturated rings. The molecule has 0 spiro atoms. The van der Waals surface area contributed by atoms with Crippen molar-refractivity contribution in [3.05, 3.63) is 100 Å². The van der Waals surface area contributed by atoms with Gasteiger partial charge in [-0.2, -0.15) is 4.57 Å². The fourth-order valence-electron chi connectivity index (χ4n) is 4.91. The molecule has 1 N–H and O–H groups in total. The maximum absolute atomic E-state index is 13.1. The first kappa shape index (κ1) is 31.5. The van der Waals surface area contributed by atoms with Crippen LogP contribution >= 0.6 is 23.1 Å². The molecular formula is C32H30N2O7S3. The topological polar surface area (TPSA) is 128 Å². The molecule has 1 aliphatic rings. The summed E-state index contributed by atoms with van der Waals surface area (Å²) < 4.78 is 44.0. The number of aromatic nitrogens is 1. The molecule has 0 unspecified atom stereocenters. The van der Waals surface area contributed by atoms with E-state index in [2.05, 4.69) is 22.8 Å². The minimum absolute atomic E-state index is 0.0528. The van der Waals surface area contributed by atoms with E-state index in [9.17, 15) is 27.7 Å². The highest BCUT2D eigenvalue weighted by Crippen LogP contribution is 2.40. The largest absolute Gasteiger partial charge is 0.748 e. The van der Waals surface area contributed by atoms with Crippen molar-refractivity contribution in [1.82, 2.24) is 0 Å². The van der Waals surface area contributed by atoms with Gasteiger partial charge in [0.2, 0.25) is 11.4 Å². The molecule has 228 valence electrons. The number of carbonyl (C=O) groups excluding carboxylic acids is 1. The molecule has 1 aromatic heterocycles. The van der Waals surface area contributed by atoms with Gasteiger partial charge in [-0.3, -0.25) is 9.59 Å². The van der Waals surface area contributed by atoms with Gasteiger partial charge in [-0.25, -0.2) is 8.42 Å². The number of carbonyl (C=O) groups is 2. The summed E-state index contributed by atoms with van der Waals surface area (Å²) in [6.45, 7) is 2.25. The lowest BCUT2D eigenvalue weighted by Crippen LogP contribution is -2.35. The predicted molar refractivity (Wildman–Crippen MR) is 171 cm³/mol. The van der Waals surface area contributed by atoms with Crippen molar-refractivity contribution in [2.45, 2.75) is 31.2 Å². The van der Waals surface area contributed by atoms with Crippen LogP contribution in [0.5, 0.6) is 5.75 Å². The molecule has 1 aliphatic heterocycles. The maximum atomic E-state index is 13.1. The molecule has 3 aromatic carbocycles. The van der Waals surface area contributed by atoms with Crippen LogP contribution in [0.2, 0.25) is 0 Å². The Morgan fingerprint density at radius 2 is 1.86 bits per heavy atom. The Morgan fingerprint density at radius 1 is 1.09 bits per heavy atom. The van der Waals surface area contributed by atoms with E-state index in [1.807, 2.05) is 25.3 Å². The quantitative estimate of drug-likeness (QED) is 0.0890. The Bertz CT molecular complexity index is 1900.